The van der Waals surface area contributed by atoms with Gasteiger partial charge in [-0.1, -0.05) is 41.4 Å². The first-order chi connectivity index (χ1) is 12.5. The van der Waals surface area contributed by atoms with Crippen LogP contribution in [0.25, 0.3) is 0 Å². The zero-order valence-electron chi connectivity index (χ0n) is 14.2. The molecule has 1 amide bonds. The lowest BCUT2D eigenvalue weighted by Crippen LogP contribution is -2.22. The average Bonchev–Trinajstić information content (AvgIpc) is 3.10. The van der Waals surface area contributed by atoms with Crippen molar-refractivity contribution in [2.45, 2.75) is 24.1 Å². The van der Waals surface area contributed by atoms with Gasteiger partial charge in [0.15, 0.2) is 5.76 Å². The van der Waals surface area contributed by atoms with Crippen LogP contribution in [0.1, 0.15) is 27.4 Å². The summed E-state index contributed by atoms with van der Waals surface area (Å²) in [5.41, 5.74) is 2.18. The molecule has 4 nitrogen and oxygen atoms in total. The second kappa shape index (κ2) is 8.34. The van der Waals surface area contributed by atoms with Crippen molar-refractivity contribution in [3.8, 4) is 0 Å². The summed E-state index contributed by atoms with van der Waals surface area (Å²) in [7, 11) is -1.26. The lowest BCUT2D eigenvalue weighted by Gasteiger charge is -2.04. The predicted molar refractivity (Wildman–Crippen MR) is 103 cm³/mol. The Kier molecular flexibility index (Phi) is 5.91. The first-order valence-corrected chi connectivity index (χ1v) is 9.77. The lowest BCUT2D eigenvalue weighted by molar-refractivity contribution is 0.0921. The van der Waals surface area contributed by atoms with Gasteiger partial charge in [-0.15, -0.1) is 0 Å². The molecule has 0 aliphatic rings. The van der Waals surface area contributed by atoms with E-state index >= 15 is 0 Å². The number of carbonyl (C=O) groups is 1. The molecule has 6 heteroatoms. The molecule has 0 spiro atoms. The van der Waals surface area contributed by atoms with E-state index in [2.05, 4.69) is 5.32 Å². The van der Waals surface area contributed by atoms with Crippen LogP contribution in [0.5, 0.6) is 0 Å². The number of halogens is 1. The summed E-state index contributed by atoms with van der Waals surface area (Å²) >= 11 is 5.83. The maximum absolute atomic E-state index is 12.4. The van der Waals surface area contributed by atoms with Crippen molar-refractivity contribution < 1.29 is 13.4 Å². The fourth-order valence-electron chi connectivity index (χ4n) is 2.35. The summed E-state index contributed by atoms with van der Waals surface area (Å²) in [6.45, 7) is 2.44. The Labute approximate surface area is 159 Å². The van der Waals surface area contributed by atoms with Crippen LogP contribution in [0.15, 0.2) is 70.0 Å². The number of aryl methyl sites for hydroxylation is 1. The third-order valence-corrected chi connectivity index (χ3v) is 5.41. The van der Waals surface area contributed by atoms with Crippen molar-refractivity contribution in [3.05, 3.63) is 88.3 Å². The molecule has 0 fully saturated rings. The molecule has 0 radical (unpaired) electrons. The maximum atomic E-state index is 12.4. The first kappa shape index (κ1) is 18.4. The lowest BCUT2D eigenvalue weighted by atomic mass is 10.1. The van der Waals surface area contributed by atoms with Crippen molar-refractivity contribution in [2.24, 2.45) is 0 Å². The zero-order chi connectivity index (χ0) is 18.5. The second-order valence-electron chi connectivity index (χ2n) is 5.88. The van der Waals surface area contributed by atoms with Crippen LogP contribution in [-0.2, 0) is 23.1 Å². The largest absolute Gasteiger partial charge is 0.455 e. The summed E-state index contributed by atoms with van der Waals surface area (Å²) in [5.74, 6) is 0.612. The van der Waals surface area contributed by atoms with Crippen molar-refractivity contribution >= 4 is 28.3 Å². The van der Waals surface area contributed by atoms with Crippen molar-refractivity contribution in [1.29, 1.82) is 0 Å². The Bertz CT molecular complexity index is 917. The molecule has 0 bridgehead atoms. The predicted octanol–water partition coefficient (Wildman–Crippen LogP) is 4.48. The number of furan rings is 1. The normalized spacial score (nSPS) is 11.9. The summed E-state index contributed by atoms with van der Waals surface area (Å²) < 4.78 is 17.9. The number of benzene rings is 2. The molecule has 1 heterocycles. The molecule has 1 N–H and O–H groups in total. The van der Waals surface area contributed by atoms with E-state index in [4.69, 9.17) is 16.0 Å². The molecule has 3 aromatic rings. The molecule has 1 atom stereocenters. The minimum atomic E-state index is -1.26. The number of hydrogen-bond acceptors (Lipinski definition) is 3. The van der Waals surface area contributed by atoms with Crippen LogP contribution < -0.4 is 5.32 Å². The Morgan fingerprint density at radius 3 is 2.42 bits per heavy atom. The molecule has 3 rings (SSSR count). The smallest absolute Gasteiger partial charge is 0.287 e. The average molecular weight is 388 g/mol. The Balaban J connectivity index is 1.58. The van der Waals surface area contributed by atoms with E-state index in [1.807, 2.05) is 31.2 Å². The van der Waals surface area contributed by atoms with Gasteiger partial charge < -0.3 is 9.73 Å². The van der Waals surface area contributed by atoms with Crippen molar-refractivity contribution in [1.82, 2.24) is 5.32 Å². The standard InChI is InChI=1S/C20H18ClNO3S/c1-14-2-4-15(5-3-14)12-22-20(23)19-11-8-17(25-19)13-26(24)18-9-6-16(21)7-10-18/h2-11H,12-13H2,1H3,(H,22,23)/t26-/m1/s1. The Morgan fingerprint density at radius 1 is 1.04 bits per heavy atom. The van der Waals surface area contributed by atoms with E-state index in [9.17, 15) is 9.00 Å². The van der Waals surface area contributed by atoms with Gasteiger partial charge >= 0.3 is 0 Å². The Morgan fingerprint density at radius 2 is 1.73 bits per heavy atom. The highest BCUT2D eigenvalue weighted by Gasteiger charge is 2.13. The van der Waals surface area contributed by atoms with Gasteiger partial charge in [-0.2, -0.15) is 0 Å². The van der Waals surface area contributed by atoms with Crippen LogP contribution in [-0.4, -0.2) is 10.1 Å². The fraction of sp³-hybridized carbons (Fsp3) is 0.150. The van der Waals surface area contributed by atoms with E-state index in [0.717, 1.165) is 5.56 Å². The molecule has 2 aromatic carbocycles. The number of rotatable bonds is 6. The molecular weight excluding hydrogens is 370 g/mol. The van der Waals surface area contributed by atoms with Crippen molar-refractivity contribution in [3.63, 3.8) is 0 Å². The van der Waals surface area contributed by atoms with Crippen LogP contribution >= 0.6 is 11.6 Å². The SMILES string of the molecule is Cc1ccc(CNC(=O)c2ccc(C[S@@](=O)c3ccc(Cl)cc3)o2)cc1. The Hall–Kier alpha value is -2.37. The van der Waals surface area contributed by atoms with Crippen molar-refractivity contribution in [2.75, 3.05) is 0 Å². The number of amides is 1. The highest BCUT2D eigenvalue weighted by molar-refractivity contribution is 7.84. The van der Waals surface area contributed by atoms with Gasteiger partial charge in [-0.3, -0.25) is 9.00 Å². The van der Waals surface area contributed by atoms with Crippen LogP contribution in [0.4, 0.5) is 0 Å². The molecule has 26 heavy (non-hydrogen) atoms. The summed E-state index contributed by atoms with van der Waals surface area (Å²) in [5, 5.41) is 3.41. The minimum Gasteiger partial charge on any atom is -0.455 e. The van der Waals surface area contributed by atoms with Gasteiger partial charge in [0.1, 0.15) is 5.76 Å². The molecule has 0 saturated carbocycles. The summed E-state index contributed by atoms with van der Waals surface area (Å²) in [6, 6.07) is 18.0. The van der Waals surface area contributed by atoms with E-state index < -0.39 is 10.8 Å². The molecule has 0 unspecified atom stereocenters. The van der Waals surface area contributed by atoms with Crippen LogP contribution in [0.2, 0.25) is 5.02 Å². The minimum absolute atomic E-state index is 0.201. The molecule has 0 aliphatic carbocycles. The molecule has 0 aliphatic heterocycles. The van der Waals surface area contributed by atoms with Crippen LogP contribution in [0.3, 0.4) is 0 Å². The van der Waals surface area contributed by atoms with E-state index in [-0.39, 0.29) is 17.4 Å². The highest BCUT2D eigenvalue weighted by Crippen LogP contribution is 2.17. The van der Waals surface area contributed by atoms with Gasteiger partial charge in [-0.05, 0) is 48.9 Å². The van der Waals surface area contributed by atoms with E-state index in [0.29, 0.717) is 22.2 Å². The highest BCUT2D eigenvalue weighted by atomic mass is 35.5. The van der Waals surface area contributed by atoms with Gasteiger partial charge in [0.05, 0.1) is 16.6 Å². The molecule has 0 saturated heterocycles. The molecule has 134 valence electrons. The fourth-order valence-corrected chi connectivity index (χ4v) is 3.50. The van der Waals surface area contributed by atoms with E-state index in [1.165, 1.54) is 5.56 Å². The summed E-state index contributed by atoms with van der Waals surface area (Å²) in [6.07, 6.45) is 0. The van der Waals surface area contributed by atoms with Gasteiger partial charge in [-0.25, -0.2) is 0 Å². The topological polar surface area (TPSA) is 59.3 Å². The number of carbonyl (C=O) groups excluding carboxylic acids is 1. The molecular formula is C20H18ClNO3S. The van der Waals surface area contributed by atoms with E-state index in [1.54, 1.807) is 36.4 Å². The third-order valence-electron chi connectivity index (χ3n) is 3.81. The quantitative estimate of drug-likeness (QED) is 0.678. The van der Waals surface area contributed by atoms with Gasteiger partial charge in [0, 0.05) is 16.5 Å². The summed E-state index contributed by atoms with van der Waals surface area (Å²) in [4.78, 5) is 12.9. The second-order valence-corrected chi connectivity index (χ2v) is 7.77. The van der Waals surface area contributed by atoms with Crippen LogP contribution in [0, 0.1) is 6.92 Å². The first-order valence-electron chi connectivity index (χ1n) is 8.07. The maximum Gasteiger partial charge on any atom is 0.287 e. The van der Waals surface area contributed by atoms with Gasteiger partial charge in [0.2, 0.25) is 0 Å². The van der Waals surface area contributed by atoms with Gasteiger partial charge in [0.25, 0.3) is 5.91 Å². The number of hydrogen-bond donors (Lipinski definition) is 1. The monoisotopic (exact) mass is 387 g/mol. The number of nitrogens with one attached hydrogen (secondary N) is 1. The molecule has 1 aromatic heterocycles. The zero-order valence-corrected chi connectivity index (χ0v) is 15.8. The third kappa shape index (κ3) is 4.84.